The number of halogens is 1. The minimum Gasteiger partial charge on any atom is -0.399 e. The van der Waals surface area contributed by atoms with Gasteiger partial charge in [-0.3, -0.25) is 9.59 Å². The maximum absolute atomic E-state index is 13.1. The quantitative estimate of drug-likeness (QED) is 0.750. The molecule has 1 aromatic carbocycles. The highest BCUT2D eigenvalue weighted by Crippen LogP contribution is 2.31. The van der Waals surface area contributed by atoms with E-state index in [9.17, 15) is 9.59 Å². The molecule has 2 amide bonds. The fourth-order valence-electron chi connectivity index (χ4n) is 4.23. The summed E-state index contributed by atoms with van der Waals surface area (Å²) < 4.78 is 0. The molecule has 1 saturated heterocycles. The van der Waals surface area contributed by atoms with Crippen LogP contribution in [-0.2, 0) is 16.0 Å². The van der Waals surface area contributed by atoms with Crippen molar-refractivity contribution in [2.45, 2.75) is 70.9 Å². The van der Waals surface area contributed by atoms with Gasteiger partial charge in [-0.25, -0.2) is 0 Å². The number of carbonyl (C=O) groups excluding carboxylic acids is 2. The van der Waals surface area contributed by atoms with Crippen molar-refractivity contribution >= 4 is 29.9 Å². The zero-order chi connectivity index (χ0) is 18.7. The Morgan fingerprint density at radius 2 is 2.04 bits per heavy atom. The summed E-state index contributed by atoms with van der Waals surface area (Å²) in [7, 11) is 0. The second-order valence-electron chi connectivity index (χ2n) is 8.10. The molecule has 1 aliphatic carbocycles. The van der Waals surface area contributed by atoms with Gasteiger partial charge in [0.25, 0.3) is 0 Å². The molecule has 2 atom stereocenters. The largest absolute Gasteiger partial charge is 0.399 e. The minimum atomic E-state index is -0.359. The number of benzene rings is 1. The van der Waals surface area contributed by atoms with E-state index in [-0.39, 0.29) is 36.3 Å². The van der Waals surface area contributed by atoms with Gasteiger partial charge in [0.1, 0.15) is 6.04 Å². The van der Waals surface area contributed by atoms with E-state index in [1.807, 2.05) is 23.1 Å². The number of nitrogens with zero attached hydrogens (tertiary/aromatic N) is 1. The third-order valence-corrected chi connectivity index (χ3v) is 5.53. The Hall–Kier alpha value is -1.75. The first kappa shape index (κ1) is 21.5. The molecule has 0 spiro atoms. The van der Waals surface area contributed by atoms with Crippen molar-refractivity contribution in [1.82, 2.24) is 10.2 Å². The van der Waals surface area contributed by atoms with Crippen molar-refractivity contribution in [2.75, 3.05) is 12.3 Å². The topological polar surface area (TPSA) is 75.4 Å². The number of nitrogen functional groups attached to an aromatic ring is 1. The van der Waals surface area contributed by atoms with Gasteiger partial charge in [0.05, 0.1) is 6.04 Å². The van der Waals surface area contributed by atoms with E-state index in [4.69, 9.17) is 5.73 Å². The Bertz CT molecular complexity index is 677. The Labute approximate surface area is 168 Å². The first-order valence-corrected chi connectivity index (χ1v) is 9.94. The van der Waals surface area contributed by atoms with Crippen LogP contribution in [0.3, 0.4) is 0 Å². The molecule has 3 N–H and O–H groups in total. The average molecular weight is 394 g/mol. The van der Waals surface area contributed by atoms with Crippen molar-refractivity contribution in [3.63, 3.8) is 0 Å². The minimum absolute atomic E-state index is 0. The number of amides is 2. The summed E-state index contributed by atoms with van der Waals surface area (Å²) in [4.78, 5) is 27.3. The van der Waals surface area contributed by atoms with E-state index in [1.54, 1.807) is 0 Å². The molecule has 1 aliphatic heterocycles. The van der Waals surface area contributed by atoms with E-state index < -0.39 is 0 Å². The van der Waals surface area contributed by atoms with Gasteiger partial charge in [-0.2, -0.15) is 0 Å². The Morgan fingerprint density at radius 3 is 2.74 bits per heavy atom. The lowest BCUT2D eigenvalue weighted by atomic mass is 9.87. The summed E-state index contributed by atoms with van der Waals surface area (Å²) in [5, 5.41) is 3.24. The third kappa shape index (κ3) is 5.16. The van der Waals surface area contributed by atoms with Crippen molar-refractivity contribution in [3.05, 3.63) is 29.3 Å². The predicted octanol–water partition coefficient (Wildman–Crippen LogP) is 3.61. The van der Waals surface area contributed by atoms with Crippen LogP contribution in [0.5, 0.6) is 0 Å². The van der Waals surface area contributed by atoms with Crippen molar-refractivity contribution in [1.29, 1.82) is 0 Å². The van der Waals surface area contributed by atoms with Crippen LogP contribution >= 0.6 is 12.4 Å². The number of aryl methyl sites for hydroxylation is 1. The Balaban J connectivity index is 0.00000261. The lowest BCUT2D eigenvalue weighted by Crippen LogP contribution is -2.52. The molecule has 150 valence electrons. The van der Waals surface area contributed by atoms with E-state index in [0.29, 0.717) is 25.3 Å². The molecule has 0 saturated carbocycles. The fourth-order valence-corrected chi connectivity index (χ4v) is 4.23. The Kier molecular flexibility index (Phi) is 7.54. The molecule has 1 aromatic rings. The van der Waals surface area contributed by atoms with Crippen molar-refractivity contribution < 1.29 is 9.59 Å². The highest BCUT2D eigenvalue weighted by molar-refractivity contribution is 5.88. The van der Waals surface area contributed by atoms with Crippen LogP contribution in [0, 0.1) is 5.92 Å². The molecule has 2 unspecified atom stereocenters. The highest BCUT2D eigenvalue weighted by atomic mass is 35.5. The molecular weight excluding hydrogens is 362 g/mol. The van der Waals surface area contributed by atoms with E-state index in [1.165, 1.54) is 11.1 Å². The first-order valence-electron chi connectivity index (χ1n) is 9.94. The van der Waals surface area contributed by atoms with Gasteiger partial charge in [-0.1, -0.05) is 19.9 Å². The van der Waals surface area contributed by atoms with Crippen LogP contribution in [0.15, 0.2) is 18.2 Å². The van der Waals surface area contributed by atoms with Gasteiger partial charge in [-0.15, -0.1) is 12.4 Å². The number of fused-ring (bicyclic) bond motifs is 1. The predicted molar refractivity (Wildman–Crippen MR) is 111 cm³/mol. The smallest absolute Gasteiger partial charge is 0.243 e. The number of likely N-dealkylation sites (tertiary alicyclic amines) is 1. The van der Waals surface area contributed by atoms with Gasteiger partial charge in [0.15, 0.2) is 0 Å². The second-order valence-corrected chi connectivity index (χ2v) is 8.10. The van der Waals surface area contributed by atoms with E-state index in [2.05, 4.69) is 19.2 Å². The summed E-state index contributed by atoms with van der Waals surface area (Å²) in [5.74, 6) is 0.469. The number of anilines is 1. The zero-order valence-corrected chi connectivity index (χ0v) is 17.2. The number of nitrogens with two attached hydrogens (primary N) is 1. The lowest BCUT2D eigenvalue weighted by Gasteiger charge is -2.36. The number of hydrogen-bond donors (Lipinski definition) is 2. The second kappa shape index (κ2) is 9.45. The molecule has 6 heteroatoms. The fraction of sp³-hybridized carbons (Fsp3) is 0.619. The van der Waals surface area contributed by atoms with Crippen molar-refractivity contribution in [3.8, 4) is 0 Å². The summed E-state index contributed by atoms with van der Waals surface area (Å²) >= 11 is 0. The lowest BCUT2D eigenvalue weighted by molar-refractivity contribution is -0.143. The van der Waals surface area contributed by atoms with Gasteiger partial charge >= 0.3 is 0 Å². The number of nitrogens with one attached hydrogen (secondary N) is 1. The van der Waals surface area contributed by atoms with Crippen LogP contribution in [0.2, 0.25) is 0 Å². The molecule has 3 rings (SSSR count). The van der Waals surface area contributed by atoms with Crippen LogP contribution < -0.4 is 11.1 Å². The van der Waals surface area contributed by atoms with Crippen LogP contribution in [-0.4, -0.2) is 29.3 Å². The standard InChI is InChI=1S/C21H31N3O2.ClH/c1-14(2)12-19(24-11-4-3-8-20(24)25)21(26)23-18-7-5-6-15-13-16(22)9-10-17(15)18;/h9-10,13-14,18-19H,3-8,11-12,22H2,1-2H3,(H,23,26);1H. The molecule has 2 aliphatic rings. The van der Waals surface area contributed by atoms with E-state index in [0.717, 1.165) is 37.8 Å². The molecule has 0 bridgehead atoms. The molecule has 27 heavy (non-hydrogen) atoms. The maximum Gasteiger partial charge on any atom is 0.243 e. The first-order chi connectivity index (χ1) is 12.5. The maximum atomic E-state index is 13.1. The van der Waals surface area contributed by atoms with Gasteiger partial charge in [0, 0.05) is 18.7 Å². The molecule has 5 nitrogen and oxygen atoms in total. The van der Waals surface area contributed by atoms with Gasteiger partial charge in [0.2, 0.25) is 11.8 Å². The number of hydrogen-bond acceptors (Lipinski definition) is 3. The van der Waals surface area contributed by atoms with Crippen LogP contribution in [0.25, 0.3) is 0 Å². The summed E-state index contributed by atoms with van der Waals surface area (Å²) in [5.41, 5.74) is 9.09. The normalized spacial score (nSPS) is 20.6. The van der Waals surface area contributed by atoms with Gasteiger partial charge in [-0.05, 0) is 67.7 Å². The summed E-state index contributed by atoms with van der Waals surface area (Å²) in [6, 6.07) is 5.62. The SMILES string of the molecule is CC(C)CC(C(=O)NC1CCCc2cc(N)ccc21)N1CCCCC1=O.Cl. The molecular formula is C21H32ClN3O2. The molecule has 1 heterocycles. The summed E-state index contributed by atoms with van der Waals surface area (Å²) in [6.07, 6.45) is 6.17. The molecule has 1 fully saturated rings. The molecule has 0 aromatic heterocycles. The number of piperidine rings is 1. The third-order valence-electron chi connectivity index (χ3n) is 5.53. The molecule has 0 radical (unpaired) electrons. The number of rotatable bonds is 5. The summed E-state index contributed by atoms with van der Waals surface area (Å²) in [6.45, 7) is 4.90. The Morgan fingerprint density at radius 1 is 1.26 bits per heavy atom. The zero-order valence-electron chi connectivity index (χ0n) is 16.4. The van der Waals surface area contributed by atoms with Crippen molar-refractivity contribution in [2.24, 2.45) is 5.92 Å². The van der Waals surface area contributed by atoms with Crippen LogP contribution in [0.4, 0.5) is 5.69 Å². The van der Waals surface area contributed by atoms with Crippen LogP contribution in [0.1, 0.15) is 69.5 Å². The number of carbonyl (C=O) groups is 2. The average Bonchev–Trinajstić information content (AvgIpc) is 2.60. The van der Waals surface area contributed by atoms with Gasteiger partial charge < -0.3 is 16.0 Å². The highest BCUT2D eigenvalue weighted by Gasteiger charge is 2.33. The monoisotopic (exact) mass is 393 g/mol. The van der Waals surface area contributed by atoms with E-state index >= 15 is 0 Å².